The van der Waals surface area contributed by atoms with Gasteiger partial charge < -0.3 is 18.9 Å². The molecule has 1 fully saturated rings. The molecule has 0 bridgehead atoms. The van der Waals surface area contributed by atoms with E-state index < -0.39 is 47.8 Å². The first kappa shape index (κ1) is 21.1. The predicted molar refractivity (Wildman–Crippen MR) is 87.5 cm³/mol. The summed E-state index contributed by atoms with van der Waals surface area (Å²) in [5.41, 5.74) is 7.87. The molecule has 5 atom stereocenters. The van der Waals surface area contributed by atoms with Gasteiger partial charge in [0.1, 0.15) is 11.5 Å². The molecule has 11 heteroatoms. The Labute approximate surface area is 149 Å². The van der Waals surface area contributed by atoms with E-state index in [1.165, 1.54) is 32.5 Å². The zero-order chi connectivity index (χ0) is 19.0. The van der Waals surface area contributed by atoms with E-state index in [0.29, 0.717) is 5.75 Å². The summed E-state index contributed by atoms with van der Waals surface area (Å²) in [5, 5.41) is 3.45. The van der Waals surface area contributed by atoms with Gasteiger partial charge in [-0.05, 0) is 11.3 Å². The molecule has 0 saturated carbocycles. The maximum atomic E-state index is 11.5. The maximum Gasteiger partial charge on any atom is 0.303 e. The number of azide groups is 1. The van der Waals surface area contributed by atoms with Crippen LogP contribution in [0.2, 0.25) is 0 Å². The second kappa shape index (κ2) is 10.1. The summed E-state index contributed by atoms with van der Waals surface area (Å²) >= 11 is 1.33. The van der Waals surface area contributed by atoms with Gasteiger partial charge in [0, 0.05) is 25.7 Å². The van der Waals surface area contributed by atoms with E-state index in [1.54, 1.807) is 0 Å². The quantitative estimate of drug-likeness (QED) is 0.215. The molecule has 0 aromatic heterocycles. The fourth-order valence-corrected chi connectivity index (χ4v) is 3.37. The van der Waals surface area contributed by atoms with Crippen molar-refractivity contribution < 1.29 is 33.3 Å². The Morgan fingerprint density at radius 1 is 1.04 bits per heavy atom. The predicted octanol–water partition coefficient (Wildman–Crippen LogP) is 1.57. The Kier molecular flexibility index (Phi) is 8.53. The van der Waals surface area contributed by atoms with Gasteiger partial charge in [0.05, 0.1) is 6.54 Å². The van der Waals surface area contributed by atoms with E-state index in [0.717, 1.165) is 0 Å². The minimum Gasteiger partial charge on any atom is -0.456 e. The number of carbonyl (C=O) groups excluding carboxylic acids is 3. The van der Waals surface area contributed by atoms with Crippen LogP contribution in [0.1, 0.15) is 27.7 Å². The molecule has 1 aliphatic heterocycles. The van der Waals surface area contributed by atoms with Gasteiger partial charge in [-0.3, -0.25) is 14.4 Å². The van der Waals surface area contributed by atoms with Crippen LogP contribution in [-0.4, -0.2) is 60.1 Å². The minimum atomic E-state index is -1.08. The number of esters is 3. The Bertz CT molecular complexity index is 553. The van der Waals surface area contributed by atoms with Gasteiger partial charge in [-0.1, -0.05) is 12.0 Å². The van der Waals surface area contributed by atoms with Gasteiger partial charge in [-0.25, -0.2) is 0 Å². The number of nitrogens with zero attached hydrogens (tertiary/aromatic N) is 3. The largest absolute Gasteiger partial charge is 0.456 e. The lowest BCUT2D eigenvalue weighted by Gasteiger charge is -2.44. The zero-order valence-corrected chi connectivity index (χ0v) is 15.2. The summed E-state index contributed by atoms with van der Waals surface area (Å²) in [5.74, 6) is -1.24. The fraction of sp³-hybridized carbons (Fsp3) is 0.786. The first-order valence-electron chi connectivity index (χ1n) is 7.59. The third kappa shape index (κ3) is 6.45. The van der Waals surface area contributed by atoms with E-state index in [9.17, 15) is 14.4 Å². The Morgan fingerprint density at radius 3 is 2.04 bits per heavy atom. The number of ether oxygens (including phenoxy) is 4. The molecule has 0 amide bonds. The standard InChI is InChI=1S/C14H21N3O7S/c1-5-25-14-13(23-9(4)20)12(22-8(3)19)11(21-7(2)18)10(24-14)6-16-17-15/h10-14H,5-6H2,1-4H3/t10-,11+,12+,13-,14+/m1/s1. The highest BCUT2D eigenvalue weighted by molar-refractivity contribution is 7.99. The molecule has 1 rings (SSSR count). The normalized spacial score (nSPS) is 28.4. The lowest BCUT2D eigenvalue weighted by Crippen LogP contribution is -2.61. The van der Waals surface area contributed by atoms with Gasteiger partial charge in [-0.15, -0.1) is 11.8 Å². The van der Waals surface area contributed by atoms with Crippen molar-refractivity contribution >= 4 is 29.7 Å². The summed E-state index contributed by atoms with van der Waals surface area (Å²) in [4.78, 5) is 37.1. The highest BCUT2D eigenvalue weighted by Crippen LogP contribution is 2.34. The Balaban J connectivity index is 3.25. The lowest BCUT2D eigenvalue weighted by molar-refractivity contribution is -0.230. The van der Waals surface area contributed by atoms with E-state index in [4.69, 9.17) is 24.5 Å². The van der Waals surface area contributed by atoms with Crippen LogP contribution in [0.4, 0.5) is 0 Å². The van der Waals surface area contributed by atoms with Gasteiger partial charge >= 0.3 is 17.9 Å². The van der Waals surface area contributed by atoms with Gasteiger partial charge in [-0.2, -0.15) is 0 Å². The van der Waals surface area contributed by atoms with E-state index in [1.807, 2.05) is 6.92 Å². The second-order valence-electron chi connectivity index (χ2n) is 5.13. The van der Waals surface area contributed by atoms with Crippen LogP contribution in [0, 0.1) is 0 Å². The van der Waals surface area contributed by atoms with Crippen LogP contribution in [0.5, 0.6) is 0 Å². The summed E-state index contributed by atoms with van der Waals surface area (Å²) in [7, 11) is 0. The molecular weight excluding hydrogens is 354 g/mol. The van der Waals surface area contributed by atoms with E-state index in [-0.39, 0.29) is 6.54 Å². The second-order valence-corrected chi connectivity index (χ2v) is 6.51. The molecule has 0 radical (unpaired) electrons. The summed E-state index contributed by atoms with van der Waals surface area (Å²) < 4.78 is 21.6. The zero-order valence-electron chi connectivity index (χ0n) is 14.4. The number of thioether (sulfide) groups is 1. The topological polar surface area (TPSA) is 137 Å². The van der Waals surface area contributed by atoms with Gasteiger partial charge in [0.15, 0.2) is 18.3 Å². The van der Waals surface area contributed by atoms with Crippen LogP contribution in [-0.2, 0) is 33.3 Å². The number of hydrogen-bond donors (Lipinski definition) is 0. The molecule has 1 saturated heterocycles. The molecule has 0 aromatic carbocycles. The summed E-state index contributed by atoms with van der Waals surface area (Å²) in [6.45, 7) is 5.32. The highest BCUT2D eigenvalue weighted by Gasteiger charge is 2.51. The molecule has 0 N–H and O–H groups in total. The van der Waals surface area contributed by atoms with Crippen molar-refractivity contribution in [2.24, 2.45) is 5.11 Å². The van der Waals surface area contributed by atoms with Crippen molar-refractivity contribution in [2.75, 3.05) is 12.3 Å². The summed E-state index contributed by atoms with van der Waals surface area (Å²) in [6, 6.07) is 0. The van der Waals surface area contributed by atoms with Gasteiger partial charge in [0.2, 0.25) is 0 Å². The lowest BCUT2D eigenvalue weighted by atomic mass is 9.99. The average molecular weight is 375 g/mol. The molecule has 0 spiro atoms. The molecular formula is C14H21N3O7S. The molecule has 1 aliphatic rings. The molecule has 25 heavy (non-hydrogen) atoms. The fourth-order valence-electron chi connectivity index (χ4n) is 2.42. The smallest absolute Gasteiger partial charge is 0.303 e. The first-order valence-corrected chi connectivity index (χ1v) is 8.64. The molecule has 10 nitrogen and oxygen atoms in total. The SMILES string of the molecule is CCS[C@@H]1O[C@H](CN=[N+]=[N-])[C@H](OC(C)=O)[C@H](OC(C)=O)[C@H]1OC(C)=O. The average Bonchev–Trinajstić information content (AvgIpc) is 2.50. The van der Waals surface area contributed by atoms with Crippen LogP contribution in [0.3, 0.4) is 0 Å². The van der Waals surface area contributed by atoms with Crippen molar-refractivity contribution in [1.82, 2.24) is 0 Å². The minimum absolute atomic E-state index is 0.139. The van der Waals surface area contributed by atoms with Crippen LogP contribution < -0.4 is 0 Å². The molecule has 1 heterocycles. The van der Waals surface area contributed by atoms with Crippen LogP contribution >= 0.6 is 11.8 Å². The molecule has 0 aromatic rings. The number of carbonyl (C=O) groups is 3. The molecule has 0 aliphatic carbocycles. The number of hydrogen-bond acceptors (Lipinski definition) is 9. The highest BCUT2D eigenvalue weighted by atomic mass is 32.2. The van der Waals surface area contributed by atoms with Crippen LogP contribution in [0.15, 0.2) is 5.11 Å². The monoisotopic (exact) mass is 375 g/mol. The Morgan fingerprint density at radius 2 is 1.56 bits per heavy atom. The molecule has 0 unspecified atom stereocenters. The van der Waals surface area contributed by atoms with E-state index in [2.05, 4.69) is 10.0 Å². The van der Waals surface area contributed by atoms with Crippen molar-refractivity contribution in [1.29, 1.82) is 0 Å². The summed E-state index contributed by atoms with van der Waals surface area (Å²) in [6.07, 6.45) is -3.98. The maximum absolute atomic E-state index is 11.5. The van der Waals surface area contributed by atoms with Crippen LogP contribution in [0.25, 0.3) is 10.4 Å². The van der Waals surface area contributed by atoms with Crippen molar-refractivity contribution in [3.8, 4) is 0 Å². The first-order chi connectivity index (χ1) is 11.8. The van der Waals surface area contributed by atoms with Gasteiger partial charge in [0.25, 0.3) is 0 Å². The molecule has 140 valence electrons. The number of rotatable bonds is 7. The Hall–Kier alpha value is -1.97. The van der Waals surface area contributed by atoms with E-state index >= 15 is 0 Å². The van der Waals surface area contributed by atoms with Crippen molar-refractivity contribution in [2.45, 2.75) is 57.5 Å². The van der Waals surface area contributed by atoms with Crippen molar-refractivity contribution in [3.63, 3.8) is 0 Å². The third-order valence-electron chi connectivity index (χ3n) is 3.15. The van der Waals surface area contributed by atoms with Crippen molar-refractivity contribution in [3.05, 3.63) is 10.4 Å². The third-order valence-corrected chi connectivity index (χ3v) is 4.19.